The first kappa shape index (κ1) is 16.8. The molecule has 136 valence electrons. The fraction of sp³-hybridized carbons (Fsp3) is 0.333. The molecule has 1 fully saturated rings. The van der Waals surface area contributed by atoms with Crippen LogP contribution in [-0.4, -0.2) is 45.4 Å². The van der Waals surface area contributed by atoms with Crippen molar-refractivity contribution in [3.8, 4) is 0 Å². The van der Waals surface area contributed by atoms with Gasteiger partial charge in [0.2, 0.25) is 0 Å². The van der Waals surface area contributed by atoms with Crippen LogP contribution in [0.1, 0.15) is 11.3 Å². The van der Waals surface area contributed by atoms with E-state index >= 15 is 0 Å². The SMILES string of the molecule is FC(F)(F)c1cccnc1N1CCN(Cc2cn3ccccc3n2)CC1. The number of piperazine rings is 1. The maximum absolute atomic E-state index is 13.2. The van der Waals surface area contributed by atoms with E-state index in [-0.39, 0.29) is 5.82 Å². The highest BCUT2D eigenvalue weighted by molar-refractivity contribution is 5.48. The largest absolute Gasteiger partial charge is 0.419 e. The molecule has 0 unspecified atom stereocenters. The van der Waals surface area contributed by atoms with Gasteiger partial charge in [-0.25, -0.2) is 9.97 Å². The lowest BCUT2D eigenvalue weighted by Gasteiger charge is -2.36. The van der Waals surface area contributed by atoms with E-state index in [1.54, 1.807) is 4.90 Å². The second kappa shape index (κ2) is 6.60. The van der Waals surface area contributed by atoms with Crippen molar-refractivity contribution in [2.24, 2.45) is 0 Å². The van der Waals surface area contributed by atoms with Crippen LogP contribution in [-0.2, 0) is 12.7 Å². The predicted octanol–water partition coefficient (Wildman–Crippen LogP) is 3.07. The molecule has 0 atom stereocenters. The molecule has 0 radical (unpaired) electrons. The van der Waals surface area contributed by atoms with Crippen molar-refractivity contribution in [3.63, 3.8) is 0 Å². The van der Waals surface area contributed by atoms with Crippen LogP contribution in [0.2, 0.25) is 0 Å². The summed E-state index contributed by atoms with van der Waals surface area (Å²) in [6.45, 7) is 3.04. The molecule has 0 saturated carbocycles. The molecular weight excluding hydrogens is 343 g/mol. The third kappa shape index (κ3) is 3.37. The number of halogens is 3. The number of hydrogen-bond donors (Lipinski definition) is 0. The Hall–Kier alpha value is -2.61. The van der Waals surface area contributed by atoms with Gasteiger partial charge in [-0.2, -0.15) is 13.2 Å². The smallest absolute Gasteiger partial charge is 0.354 e. The zero-order valence-electron chi connectivity index (χ0n) is 14.0. The number of rotatable bonds is 3. The van der Waals surface area contributed by atoms with Gasteiger partial charge in [-0.05, 0) is 24.3 Å². The van der Waals surface area contributed by atoms with E-state index < -0.39 is 11.7 Å². The van der Waals surface area contributed by atoms with Crippen LogP contribution in [0, 0.1) is 0 Å². The van der Waals surface area contributed by atoms with Gasteiger partial charge >= 0.3 is 6.18 Å². The third-order valence-electron chi connectivity index (χ3n) is 4.56. The molecule has 0 aromatic carbocycles. The van der Waals surface area contributed by atoms with Crippen molar-refractivity contribution in [1.82, 2.24) is 19.3 Å². The lowest BCUT2D eigenvalue weighted by molar-refractivity contribution is -0.137. The number of anilines is 1. The van der Waals surface area contributed by atoms with Gasteiger partial charge in [0.25, 0.3) is 0 Å². The van der Waals surface area contributed by atoms with E-state index in [0.29, 0.717) is 32.7 Å². The van der Waals surface area contributed by atoms with Crippen molar-refractivity contribution >= 4 is 11.5 Å². The van der Waals surface area contributed by atoms with Crippen molar-refractivity contribution < 1.29 is 13.2 Å². The number of pyridine rings is 2. The molecule has 0 aliphatic carbocycles. The van der Waals surface area contributed by atoms with E-state index in [0.717, 1.165) is 17.4 Å². The molecular formula is C18H18F3N5. The molecule has 5 nitrogen and oxygen atoms in total. The van der Waals surface area contributed by atoms with Gasteiger partial charge in [-0.3, -0.25) is 4.90 Å². The summed E-state index contributed by atoms with van der Waals surface area (Å²) in [6, 6.07) is 8.25. The predicted molar refractivity (Wildman–Crippen MR) is 91.9 cm³/mol. The summed E-state index contributed by atoms with van der Waals surface area (Å²) in [7, 11) is 0. The van der Waals surface area contributed by atoms with Crippen molar-refractivity contribution in [3.05, 3.63) is 60.2 Å². The highest BCUT2D eigenvalue weighted by atomic mass is 19.4. The van der Waals surface area contributed by atoms with Crippen LogP contribution in [0.5, 0.6) is 0 Å². The number of fused-ring (bicyclic) bond motifs is 1. The number of hydrogen-bond acceptors (Lipinski definition) is 4. The number of alkyl halides is 3. The van der Waals surface area contributed by atoms with Gasteiger partial charge in [0.05, 0.1) is 11.3 Å². The monoisotopic (exact) mass is 361 g/mol. The molecule has 8 heteroatoms. The highest BCUT2D eigenvalue weighted by Gasteiger charge is 2.36. The van der Waals surface area contributed by atoms with Crippen LogP contribution >= 0.6 is 0 Å². The minimum atomic E-state index is -4.39. The zero-order valence-corrected chi connectivity index (χ0v) is 14.0. The van der Waals surface area contributed by atoms with Gasteiger partial charge in [0, 0.05) is 51.3 Å². The van der Waals surface area contributed by atoms with Crippen LogP contribution < -0.4 is 4.90 Å². The van der Waals surface area contributed by atoms with E-state index in [1.807, 2.05) is 35.0 Å². The molecule has 0 N–H and O–H groups in total. The lowest BCUT2D eigenvalue weighted by Crippen LogP contribution is -2.46. The first-order valence-electron chi connectivity index (χ1n) is 8.43. The van der Waals surface area contributed by atoms with Gasteiger partial charge in [-0.15, -0.1) is 0 Å². The van der Waals surface area contributed by atoms with Gasteiger partial charge in [0.15, 0.2) is 0 Å². The molecule has 1 aliphatic rings. The normalized spacial score (nSPS) is 16.3. The first-order valence-corrected chi connectivity index (χ1v) is 8.43. The van der Waals surface area contributed by atoms with Crippen molar-refractivity contribution in [2.45, 2.75) is 12.7 Å². The minimum absolute atomic E-state index is 0.0207. The quantitative estimate of drug-likeness (QED) is 0.719. The molecule has 3 aromatic rings. The zero-order chi connectivity index (χ0) is 18.1. The van der Waals surface area contributed by atoms with Gasteiger partial charge in [0.1, 0.15) is 11.5 Å². The molecule has 3 aromatic heterocycles. The second-order valence-electron chi connectivity index (χ2n) is 6.33. The summed E-state index contributed by atoms with van der Waals surface area (Å²) in [5.41, 5.74) is 1.18. The summed E-state index contributed by atoms with van der Waals surface area (Å²) in [4.78, 5) is 12.5. The number of imidazole rings is 1. The Bertz CT molecular complexity index is 864. The van der Waals surface area contributed by atoms with E-state index in [1.165, 1.54) is 12.3 Å². The standard InChI is InChI=1S/C18H18F3N5/c19-18(20,21)15-4-3-6-22-17(15)25-10-8-24(9-11-25)12-14-13-26-7-2-1-5-16(26)23-14/h1-7,13H,8-12H2. The fourth-order valence-corrected chi connectivity index (χ4v) is 3.28. The molecule has 26 heavy (non-hydrogen) atoms. The van der Waals surface area contributed by atoms with Crippen molar-refractivity contribution in [2.75, 3.05) is 31.1 Å². The average Bonchev–Trinajstić information content (AvgIpc) is 3.04. The maximum Gasteiger partial charge on any atom is 0.419 e. The Morgan fingerprint density at radius 3 is 2.54 bits per heavy atom. The van der Waals surface area contributed by atoms with Crippen LogP contribution in [0.4, 0.5) is 19.0 Å². The topological polar surface area (TPSA) is 36.7 Å². The Labute approximate surface area is 148 Å². The molecule has 0 bridgehead atoms. The van der Waals surface area contributed by atoms with Crippen molar-refractivity contribution in [1.29, 1.82) is 0 Å². The third-order valence-corrected chi connectivity index (χ3v) is 4.56. The van der Waals surface area contributed by atoms with Crippen LogP contribution in [0.25, 0.3) is 5.65 Å². The summed E-state index contributed by atoms with van der Waals surface area (Å²) in [5.74, 6) is 0.0207. The van der Waals surface area contributed by atoms with E-state index in [2.05, 4.69) is 14.9 Å². The fourth-order valence-electron chi connectivity index (χ4n) is 3.28. The Morgan fingerprint density at radius 1 is 1.00 bits per heavy atom. The Balaban J connectivity index is 1.43. The molecule has 1 saturated heterocycles. The molecule has 4 rings (SSSR count). The molecule has 4 heterocycles. The van der Waals surface area contributed by atoms with E-state index in [9.17, 15) is 13.2 Å². The Morgan fingerprint density at radius 2 is 1.81 bits per heavy atom. The minimum Gasteiger partial charge on any atom is -0.354 e. The second-order valence-corrected chi connectivity index (χ2v) is 6.33. The maximum atomic E-state index is 13.2. The first-order chi connectivity index (χ1) is 12.5. The molecule has 0 spiro atoms. The highest BCUT2D eigenvalue weighted by Crippen LogP contribution is 2.35. The summed E-state index contributed by atoms with van der Waals surface area (Å²) in [6.07, 6.45) is 0.955. The molecule has 0 amide bonds. The number of aromatic nitrogens is 3. The summed E-state index contributed by atoms with van der Waals surface area (Å²) < 4.78 is 41.5. The van der Waals surface area contributed by atoms with Gasteiger partial charge < -0.3 is 9.30 Å². The lowest BCUT2D eigenvalue weighted by atomic mass is 10.2. The van der Waals surface area contributed by atoms with Crippen LogP contribution in [0.3, 0.4) is 0 Å². The van der Waals surface area contributed by atoms with Gasteiger partial charge in [-0.1, -0.05) is 6.07 Å². The molecule has 1 aliphatic heterocycles. The van der Waals surface area contributed by atoms with E-state index in [4.69, 9.17) is 0 Å². The summed E-state index contributed by atoms with van der Waals surface area (Å²) in [5, 5.41) is 0. The average molecular weight is 361 g/mol. The Kier molecular flexibility index (Phi) is 4.28. The summed E-state index contributed by atoms with van der Waals surface area (Å²) >= 11 is 0. The van der Waals surface area contributed by atoms with Crippen LogP contribution in [0.15, 0.2) is 48.9 Å². The number of nitrogens with zero attached hydrogens (tertiary/aromatic N) is 5.